The first-order valence-electron chi connectivity index (χ1n) is 10.7. The van der Waals surface area contributed by atoms with E-state index in [1.165, 1.54) is 4.90 Å². The molecule has 1 fully saturated rings. The van der Waals surface area contributed by atoms with E-state index in [0.717, 1.165) is 35.1 Å². The van der Waals surface area contributed by atoms with Gasteiger partial charge in [0.05, 0.1) is 0 Å². The van der Waals surface area contributed by atoms with Gasteiger partial charge in [0.25, 0.3) is 5.91 Å². The molecule has 0 aliphatic carbocycles. The van der Waals surface area contributed by atoms with Gasteiger partial charge >= 0.3 is 6.03 Å². The fourth-order valence-corrected chi connectivity index (χ4v) is 4.03. The molecule has 1 N–H and O–H groups in total. The summed E-state index contributed by atoms with van der Waals surface area (Å²) >= 11 is 0. The Kier molecular flexibility index (Phi) is 6.06. The summed E-state index contributed by atoms with van der Waals surface area (Å²) in [6.45, 7) is 4.76. The lowest BCUT2D eigenvalue weighted by atomic mass is 9.98. The van der Waals surface area contributed by atoms with Crippen LogP contribution < -0.4 is 0 Å². The molecule has 4 rings (SSSR count). The summed E-state index contributed by atoms with van der Waals surface area (Å²) in [5.74, 6) is 0.464. The molecule has 2 heterocycles. The first kappa shape index (κ1) is 20.7. The lowest BCUT2D eigenvalue weighted by Gasteiger charge is -2.22. The molecule has 1 aliphatic rings. The van der Waals surface area contributed by atoms with E-state index < -0.39 is 0 Å². The van der Waals surface area contributed by atoms with Gasteiger partial charge in [-0.2, -0.15) is 5.21 Å². The van der Waals surface area contributed by atoms with Crippen molar-refractivity contribution >= 4 is 11.9 Å². The second-order valence-electron chi connectivity index (χ2n) is 7.63. The lowest BCUT2D eigenvalue weighted by Crippen LogP contribution is -2.34. The van der Waals surface area contributed by atoms with Gasteiger partial charge in [0.2, 0.25) is 5.82 Å². The fraction of sp³-hybridized carbons (Fsp3) is 0.348. The van der Waals surface area contributed by atoms with Crippen LogP contribution in [-0.2, 0) is 11.3 Å². The third-order valence-corrected chi connectivity index (χ3v) is 5.68. The van der Waals surface area contributed by atoms with Crippen molar-refractivity contribution in [3.63, 3.8) is 0 Å². The zero-order valence-electron chi connectivity index (χ0n) is 17.8. The Hall–Kier alpha value is -3.55. The standard InChI is InChI=1S/C23H26N6O2/c1-3-5-10-20-22(30)28(4-2)23(31)29(20)15-16-11-13-17(14-12-16)18-8-6-7-9-19(18)21-24-26-27-25-21/h6-9,11-14,20H,3-5,10,15H2,1-2H3,(H,24,25,26,27). The van der Waals surface area contributed by atoms with Crippen molar-refractivity contribution in [3.8, 4) is 22.5 Å². The minimum atomic E-state index is -0.369. The maximum absolute atomic E-state index is 12.8. The van der Waals surface area contributed by atoms with E-state index in [2.05, 4.69) is 27.5 Å². The summed E-state index contributed by atoms with van der Waals surface area (Å²) in [5.41, 5.74) is 3.90. The smallest absolute Gasteiger partial charge is 0.308 e. The number of nitrogens with one attached hydrogen (secondary N) is 1. The molecule has 0 radical (unpaired) electrons. The molecule has 1 aliphatic heterocycles. The zero-order chi connectivity index (χ0) is 21.8. The van der Waals surface area contributed by atoms with Crippen molar-refractivity contribution in [3.05, 3.63) is 54.1 Å². The Morgan fingerprint density at radius 1 is 1.00 bits per heavy atom. The molecule has 1 unspecified atom stereocenters. The zero-order valence-corrected chi connectivity index (χ0v) is 17.8. The summed E-state index contributed by atoms with van der Waals surface area (Å²) in [4.78, 5) is 28.6. The molecular weight excluding hydrogens is 392 g/mol. The number of hydrogen-bond donors (Lipinski definition) is 1. The number of aromatic amines is 1. The number of urea groups is 1. The van der Waals surface area contributed by atoms with Crippen molar-refractivity contribution < 1.29 is 9.59 Å². The SMILES string of the molecule is CCCCC1C(=O)N(CC)C(=O)N1Cc1ccc(-c2ccccc2-c2nn[nH]n2)cc1. The van der Waals surface area contributed by atoms with E-state index in [4.69, 9.17) is 0 Å². The van der Waals surface area contributed by atoms with Crippen LogP contribution in [0.1, 0.15) is 38.7 Å². The van der Waals surface area contributed by atoms with Crippen molar-refractivity contribution in [2.24, 2.45) is 0 Å². The van der Waals surface area contributed by atoms with Crippen LogP contribution in [0.3, 0.4) is 0 Å². The average Bonchev–Trinajstić information content (AvgIpc) is 3.41. The van der Waals surface area contributed by atoms with Gasteiger partial charge in [0.15, 0.2) is 0 Å². The highest BCUT2D eigenvalue weighted by atomic mass is 16.2. The van der Waals surface area contributed by atoms with E-state index in [9.17, 15) is 9.59 Å². The number of carbonyl (C=O) groups excluding carboxylic acids is 2. The highest BCUT2D eigenvalue weighted by Crippen LogP contribution is 2.30. The molecule has 8 nitrogen and oxygen atoms in total. The molecular formula is C23H26N6O2. The van der Waals surface area contributed by atoms with Gasteiger partial charge in [0, 0.05) is 18.7 Å². The summed E-state index contributed by atoms with van der Waals surface area (Å²) in [7, 11) is 0. The predicted molar refractivity (Wildman–Crippen MR) is 117 cm³/mol. The number of carbonyl (C=O) groups is 2. The predicted octanol–water partition coefficient (Wildman–Crippen LogP) is 3.88. The maximum atomic E-state index is 12.8. The number of H-pyrrole nitrogens is 1. The number of tetrazole rings is 1. The average molecular weight is 419 g/mol. The molecule has 3 amide bonds. The normalized spacial score (nSPS) is 16.4. The number of nitrogens with zero attached hydrogens (tertiary/aromatic N) is 5. The van der Waals surface area contributed by atoms with E-state index in [1.54, 1.807) is 4.90 Å². The number of hydrogen-bond acceptors (Lipinski definition) is 5. The lowest BCUT2D eigenvalue weighted by molar-refractivity contribution is -0.128. The van der Waals surface area contributed by atoms with E-state index in [0.29, 0.717) is 25.3 Å². The van der Waals surface area contributed by atoms with Crippen LogP contribution in [-0.4, -0.2) is 54.9 Å². The number of imide groups is 1. The number of amides is 3. The summed E-state index contributed by atoms with van der Waals surface area (Å²) in [6.07, 6.45) is 2.61. The van der Waals surface area contributed by atoms with Crippen LogP contribution in [0, 0.1) is 0 Å². The van der Waals surface area contributed by atoms with Crippen LogP contribution in [0.2, 0.25) is 0 Å². The topological polar surface area (TPSA) is 95.1 Å². The molecule has 0 spiro atoms. The number of benzene rings is 2. The van der Waals surface area contributed by atoms with Crippen molar-refractivity contribution in [2.45, 2.75) is 45.7 Å². The molecule has 8 heteroatoms. The third kappa shape index (κ3) is 4.05. The second-order valence-corrected chi connectivity index (χ2v) is 7.63. The largest absolute Gasteiger partial charge is 0.327 e. The van der Waals surface area contributed by atoms with Crippen molar-refractivity contribution in [1.29, 1.82) is 0 Å². The molecule has 2 aromatic carbocycles. The molecule has 1 saturated heterocycles. The van der Waals surface area contributed by atoms with Gasteiger partial charge in [-0.05, 0) is 35.2 Å². The second kappa shape index (κ2) is 9.07. The van der Waals surface area contributed by atoms with Crippen LogP contribution in [0.25, 0.3) is 22.5 Å². The summed E-state index contributed by atoms with van der Waals surface area (Å²) in [6, 6.07) is 15.4. The van der Waals surface area contributed by atoms with Crippen molar-refractivity contribution in [1.82, 2.24) is 30.4 Å². The Balaban J connectivity index is 1.57. The number of likely N-dealkylation sites (N-methyl/N-ethyl adjacent to an activating group) is 1. The molecule has 31 heavy (non-hydrogen) atoms. The summed E-state index contributed by atoms with van der Waals surface area (Å²) in [5, 5.41) is 14.3. The van der Waals surface area contributed by atoms with Crippen LogP contribution >= 0.6 is 0 Å². The molecule has 1 atom stereocenters. The van der Waals surface area contributed by atoms with E-state index in [1.807, 2.05) is 55.5 Å². The van der Waals surface area contributed by atoms with Gasteiger partial charge < -0.3 is 4.90 Å². The van der Waals surface area contributed by atoms with Gasteiger partial charge in [-0.25, -0.2) is 4.79 Å². The molecule has 1 aromatic heterocycles. The van der Waals surface area contributed by atoms with Crippen LogP contribution in [0.4, 0.5) is 4.79 Å². The molecule has 0 bridgehead atoms. The van der Waals surface area contributed by atoms with Crippen LogP contribution in [0.5, 0.6) is 0 Å². The Bertz CT molecular complexity index is 1050. The first-order valence-corrected chi connectivity index (χ1v) is 10.7. The Morgan fingerprint density at radius 2 is 1.74 bits per heavy atom. The number of unbranched alkanes of at least 4 members (excludes halogenated alkanes) is 1. The van der Waals surface area contributed by atoms with Gasteiger partial charge in [-0.15, -0.1) is 10.2 Å². The monoisotopic (exact) mass is 418 g/mol. The first-order chi connectivity index (χ1) is 15.1. The van der Waals surface area contributed by atoms with Gasteiger partial charge in [-0.1, -0.05) is 68.3 Å². The third-order valence-electron chi connectivity index (χ3n) is 5.68. The Labute approximate surface area is 181 Å². The minimum Gasteiger partial charge on any atom is -0.308 e. The van der Waals surface area contributed by atoms with E-state index >= 15 is 0 Å². The summed E-state index contributed by atoms with van der Waals surface area (Å²) < 4.78 is 0. The Morgan fingerprint density at radius 3 is 2.39 bits per heavy atom. The van der Waals surface area contributed by atoms with E-state index in [-0.39, 0.29) is 18.0 Å². The highest BCUT2D eigenvalue weighted by molar-refractivity contribution is 6.04. The molecule has 3 aromatic rings. The van der Waals surface area contributed by atoms with Gasteiger partial charge in [-0.3, -0.25) is 9.69 Å². The van der Waals surface area contributed by atoms with Gasteiger partial charge in [0.1, 0.15) is 6.04 Å². The maximum Gasteiger partial charge on any atom is 0.327 e. The minimum absolute atomic E-state index is 0.0772. The van der Waals surface area contributed by atoms with Crippen molar-refractivity contribution in [2.75, 3.05) is 6.54 Å². The number of rotatable bonds is 8. The number of aromatic nitrogens is 4. The molecule has 160 valence electrons. The molecule has 0 saturated carbocycles. The van der Waals surface area contributed by atoms with Crippen LogP contribution in [0.15, 0.2) is 48.5 Å². The highest BCUT2D eigenvalue weighted by Gasteiger charge is 2.43. The fourth-order valence-electron chi connectivity index (χ4n) is 4.03. The quantitative estimate of drug-likeness (QED) is 0.560.